The standard InChI is InChI=1S/C18H22ClNO6/c1-3-25-16(23)12-10-20-14(15(21)22)9-18(12,17(24)26-4-2)11-7-5-6-8-13(11)19/h5-9,12,15,20-22H,3-4,10H2,1-2H3. The summed E-state index contributed by atoms with van der Waals surface area (Å²) in [5.74, 6) is -2.33. The summed E-state index contributed by atoms with van der Waals surface area (Å²) in [6.07, 6.45) is -0.559. The van der Waals surface area contributed by atoms with Gasteiger partial charge in [-0.1, -0.05) is 29.8 Å². The number of carbonyl (C=O) groups is 2. The Morgan fingerprint density at radius 1 is 1.27 bits per heavy atom. The molecule has 0 aliphatic carbocycles. The van der Waals surface area contributed by atoms with Crippen LogP contribution in [-0.4, -0.2) is 48.2 Å². The molecule has 0 saturated carbocycles. The van der Waals surface area contributed by atoms with Crippen molar-refractivity contribution in [1.29, 1.82) is 0 Å². The molecule has 2 atom stereocenters. The van der Waals surface area contributed by atoms with Crippen molar-refractivity contribution in [2.45, 2.75) is 25.6 Å². The molecule has 3 N–H and O–H groups in total. The van der Waals surface area contributed by atoms with E-state index in [2.05, 4.69) is 5.32 Å². The van der Waals surface area contributed by atoms with Crippen molar-refractivity contribution in [3.05, 3.63) is 46.6 Å². The Labute approximate surface area is 156 Å². The number of hydrogen-bond acceptors (Lipinski definition) is 7. The Morgan fingerprint density at radius 3 is 2.50 bits per heavy atom. The van der Waals surface area contributed by atoms with E-state index in [1.165, 1.54) is 6.08 Å². The van der Waals surface area contributed by atoms with Crippen LogP contribution in [0, 0.1) is 5.92 Å². The zero-order chi connectivity index (χ0) is 19.3. The highest BCUT2D eigenvalue weighted by Gasteiger charge is 2.54. The van der Waals surface area contributed by atoms with Crippen molar-refractivity contribution >= 4 is 23.5 Å². The first kappa shape index (κ1) is 20.2. The first-order valence-electron chi connectivity index (χ1n) is 8.30. The van der Waals surface area contributed by atoms with E-state index in [0.717, 1.165) is 0 Å². The second-order valence-electron chi connectivity index (χ2n) is 5.73. The lowest BCUT2D eigenvalue weighted by atomic mass is 9.67. The molecule has 8 heteroatoms. The third-order valence-electron chi connectivity index (χ3n) is 4.23. The lowest BCUT2D eigenvalue weighted by Gasteiger charge is -2.40. The van der Waals surface area contributed by atoms with Gasteiger partial charge in [-0.05, 0) is 31.6 Å². The Kier molecular flexibility index (Phi) is 6.63. The van der Waals surface area contributed by atoms with Gasteiger partial charge >= 0.3 is 11.9 Å². The Bertz CT molecular complexity index is 705. The van der Waals surface area contributed by atoms with Crippen LogP contribution in [0.5, 0.6) is 0 Å². The number of aliphatic hydroxyl groups excluding tert-OH is 1. The van der Waals surface area contributed by atoms with E-state index >= 15 is 0 Å². The number of ether oxygens (including phenoxy) is 2. The van der Waals surface area contributed by atoms with Gasteiger partial charge in [0.05, 0.1) is 24.8 Å². The molecule has 0 radical (unpaired) electrons. The molecule has 1 aliphatic rings. The van der Waals surface area contributed by atoms with Crippen LogP contribution in [0.1, 0.15) is 19.4 Å². The van der Waals surface area contributed by atoms with Gasteiger partial charge in [0.1, 0.15) is 5.41 Å². The fraction of sp³-hybridized carbons (Fsp3) is 0.444. The molecule has 7 nitrogen and oxygen atoms in total. The minimum Gasteiger partial charge on any atom is -0.466 e. The number of halogens is 1. The average Bonchev–Trinajstić information content (AvgIpc) is 2.61. The van der Waals surface area contributed by atoms with Gasteiger partial charge in [-0.3, -0.25) is 9.59 Å². The third kappa shape index (κ3) is 3.70. The van der Waals surface area contributed by atoms with Gasteiger partial charge in [-0.15, -0.1) is 0 Å². The van der Waals surface area contributed by atoms with Gasteiger partial charge in [0.2, 0.25) is 0 Å². The molecular weight excluding hydrogens is 362 g/mol. The molecule has 142 valence electrons. The number of rotatable bonds is 6. The molecular formula is C18H22ClNO6. The lowest BCUT2D eigenvalue weighted by molar-refractivity contribution is -0.161. The average molecular weight is 384 g/mol. The molecule has 1 aliphatic heterocycles. The highest BCUT2D eigenvalue weighted by molar-refractivity contribution is 6.32. The fourth-order valence-corrected chi connectivity index (χ4v) is 3.37. The van der Waals surface area contributed by atoms with Gasteiger partial charge in [-0.2, -0.15) is 0 Å². The molecule has 1 aromatic rings. The number of carbonyl (C=O) groups excluding carboxylic acids is 2. The fourth-order valence-electron chi connectivity index (χ4n) is 3.08. The minimum absolute atomic E-state index is 0.0153. The predicted molar refractivity (Wildman–Crippen MR) is 94.2 cm³/mol. The topological polar surface area (TPSA) is 105 Å². The van der Waals surface area contributed by atoms with Crippen LogP contribution in [0.4, 0.5) is 0 Å². The zero-order valence-electron chi connectivity index (χ0n) is 14.6. The van der Waals surface area contributed by atoms with E-state index in [0.29, 0.717) is 5.56 Å². The highest BCUT2D eigenvalue weighted by Crippen LogP contribution is 2.42. The van der Waals surface area contributed by atoms with Crippen molar-refractivity contribution in [3.63, 3.8) is 0 Å². The summed E-state index contributed by atoms with van der Waals surface area (Å²) < 4.78 is 10.4. The maximum absolute atomic E-state index is 13.0. The molecule has 2 rings (SSSR count). The largest absolute Gasteiger partial charge is 0.466 e. The summed E-state index contributed by atoms with van der Waals surface area (Å²) in [6.45, 7) is 3.47. The van der Waals surface area contributed by atoms with Crippen molar-refractivity contribution in [1.82, 2.24) is 5.32 Å². The molecule has 1 aromatic carbocycles. The van der Waals surface area contributed by atoms with E-state index < -0.39 is 29.6 Å². The van der Waals surface area contributed by atoms with Crippen LogP contribution < -0.4 is 5.32 Å². The van der Waals surface area contributed by atoms with E-state index in [1.54, 1.807) is 38.1 Å². The maximum Gasteiger partial charge on any atom is 0.321 e. The molecule has 0 bridgehead atoms. The number of nitrogens with one attached hydrogen (secondary N) is 1. The van der Waals surface area contributed by atoms with Crippen LogP contribution in [-0.2, 0) is 24.5 Å². The SMILES string of the molecule is CCOC(=O)C1CNC(C(O)O)=CC1(C(=O)OCC)c1ccccc1Cl. The molecule has 0 aromatic heterocycles. The van der Waals surface area contributed by atoms with Crippen LogP contribution >= 0.6 is 11.6 Å². The predicted octanol–water partition coefficient (Wildman–Crippen LogP) is 1.12. The number of esters is 2. The van der Waals surface area contributed by atoms with Gasteiger partial charge in [0.15, 0.2) is 6.29 Å². The summed E-state index contributed by atoms with van der Waals surface area (Å²) >= 11 is 6.33. The van der Waals surface area contributed by atoms with Gasteiger partial charge in [0, 0.05) is 11.6 Å². The normalized spacial score (nSPS) is 22.4. The van der Waals surface area contributed by atoms with Crippen LogP contribution in [0.15, 0.2) is 36.0 Å². The first-order chi connectivity index (χ1) is 12.4. The first-order valence-corrected chi connectivity index (χ1v) is 8.67. The summed E-state index contributed by atoms with van der Waals surface area (Å²) in [5.41, 5.74) is -1.33. The number of hydrogen-bond donors (Lipinski definition) is 3. The zero-order valence-corrected chi connectivity index (χ0v) is 15.3. The van der Waals surface area contributed by atoms with Crippen molar-refractivity contribution in [3.8, 4) is 0 Å². The second-order valence-corrected chi connectivity index (χ2v) is 6.14. The second kappa shape index (κ2) is 8.53. The molecule has 0 spiro atoms. The molecule has 1 heterocycles. The number of benzene rings is 1. The van der Waals surface area contributed by atoms with Gasteiger partial charge in [0.25, 0.3) is 0 Å². The van der Waals surface area contributed by atoms with Gasteiger partial charge in [-0.25, -0.2) is 0 Å². The summed E-state index contributed by atoms with van der Waals surface area (Å²) in [4.78, 5) is 25.7. The van der Waals surface area contributed by atoms with Crippen LogP contribution in [0.3, 0.4) is 0 Å². The summed E-state index contributed by atoms with van der Waals surface area (Å²) in [5, 5.41) is 22.2. The molecule has 0 amide bonds. The Balaban J connectivity index is 2.75. The third-order valence-corrected chi connectivity index (χ3v) is 4.55. The smallest absolute Gasteiger partial charge is 0.321 e. The Morgan fingerprint density at radius 2 is 1.92 bits per heavy atom. The Hall–Kier alpha value is -2.09. The monoisotopic (exact) mass is 383 g/mol. The molecule has 0 saturated heterocycles. The van der Waals surface area contributed by atoms with Crippen molar-refractivity contribution in [2.24, 2.45) is 5.92 Å². The number of aliphatic hydroxyl groups is 2. The van der Waals surface area contributed by atoms with Crippen molar-refractivity contribution in [2.75, 3.05) is 19.8 Å². The van der Waals surface area contributed by atoms with Crippen LogP contribution in [0.2, 0.25) is 5.02 Å². The van der Waals surface area contributed by atoms with E-state index in [4.69, 9.17) is 21.1 Å². The lowest BCUT2D eigenvalue weighted by Crippen LogP contribution is -2.55. The van der Waals surface area contributed by atoms with E-state index in [1.807, 2.05) is 0 Å². The summed E-state index contributed by atoms with van der Waals surface area (Å²) in [6, 6.07) is 6.56. The van der Waals surface area contributed by atoms with Crippen molar-refractivity contribution < 1.29 is 29.3 Å². The molecule has 0 fully saturated rings. The summed E-state index contributed by atoms with van der Waals surface area (Å²) in [7, 11) is 0. The molecule has 26 heavy (non-hydrogen) atoms. The van der Waals surface area contributed by atoms with Gasteiger partial charge < -0.3 is 25.0 Å². The van der Waals surface area contributed by atoms with E-state index in [-0.39, 0.29) is 30.5 Å². The van der Waals surface area contributed by atoms with E-state index in [9.17, 15) is 19.8 Å². The maximum atomic E-state index is 13.0. The molecule has 2 unspecified atom stereocenters. The minimum atomic E-state index is -1.85. The highest BCUT2D eigenvalue weighted by atomic mass is 35.5. The van der Waals surface area contributed by atoms with Crippen LogP contribution in [0.25, 0.3) is 0 Å². The quantitative estimate of drug-likeness (QED) is 0.499.